The van der Waals surface area contributed by atoms with Crippen molar-refractivity contribution in [3.8, 4) is 0 Å². The fourth-order valence-corrected chi connectivity index (χ4v) is 3.09. The zero-order valence-corrected chi connectivity index (χ0v) is 15.6. The normalized spacial score (nSPS) is 13.9. The lowest BCUT2D eigenvalue weighted by Crippen LogP contribution is -2.47. The summed E-state index contributed by atoms with van der Waals surface area (Å²) < 4.78 is 19.8. The van der Waals surface area contributed by atoms with Gasteiger partial charge in [-0.1, -0.05) is 18.2 Å². The lowest BCUT2D eigenvalue weighted by atomic mass is 10.1. The predicted octanol–water partition coefficient (Wildman–Crippen LogP) is 1.98. The molecule has 3 rings (SSSR count). The number of carbonyl (C=O) groups excluding carboxylic acids is 1. The highest BCUT2D eigenvalue weighted by atomic mass is 19.1. The summed E-state index contributed by atoms with van der Waals surface area (Å²) in [6.07, 6.45) is -0.892. The van der Waals surface area contributed by atoms with E-state index in [0.29, 0.717) is 18.8 Å². The van der Waals surface area contributed by atoms with Crippen LogP contribution in [0.3, 0.4) is 0 Å². The van der Waals surface area contributed by atoms with Gasteiger partial charge in [0.2, 0.25) is 0 Å². The summed E-state index contributed by atoms with van der Waals surface area (Å²) in [5.41, 5.74) is 6.76. The molecule has 1 saturated heterocycles. The number of ether oxygens (including phenoxy) is 1. The number of alkyl carbamates (subject to hydrolysis) is 1. The number of guanidine groups is 1. The minimum atomic E-state index is -0.892. The fourth-order valence-electron chi connectivity index (χ4n) is 3.09. The number of anilines is 2. The second-order valence-corrected chi connectivity index (χ2v) is 6.48. The maximum atomic E-state index is 14.9. The molecule has 1 aromatic heterocycles. The van der Waals surface area contributed by atoms with Gasteiger partial charge in [-0.25, -0.2) is 14.2 Å². The van der Waals surface area contributed by atoms with Crippen LogP contribution in [0.25, 0.3) is 0 Å². The van der Waals surface area contributed by atoms with E-state index < -0.39 is 17.9 Å². The van der Waals surface area contributed by atoms with E-state index >= 15 is 0 Å². The first kappa shape index (κ1) is 19.4. The number of benzene rings is 1. The molecule has 0 radical (unpaired) electrons. The van der Waals surface area contributed by atoms with E-state index in [4.69, 9.17) is 15.9 Å². The van der Waals surface area contributed by atoms with E-state index in [1.807, 2.05) is 35.3 Å². The van der Waals surface area contributed by atoms with Crippen LogP contribution >= 0.6 is 0 Å². The first-order chi connectivity index (χ1) is 13.4. The van der Waals surface area contributed by atoms with Gasteiger partial charge in [0, 0.05) is 37.4 Å². The summed E-state index contributed by atoms with van der Waals surface area (Å²) >= 11 is 0. The predicted molar refractivity (Wildman–Crippen MR) is 105 cm³/mol. The van der Waals surface area contributed by atoms with Gasteiger partial charge in [0.25, 0.3) is 0 Å². The highest BCUT2D eigenvalue weighted by Crippen LogP contribution is 2.25. The van der Waals surface area contributed by atoms with Crippen molar-refractivity contribution in [1.29, 1.82) is 5.41 Å². The molecule has 28 heavy (non-hydrogen) atoms. The van der Waals surface area contributed by atoms with Gasteiger partial charge < -0.3 is 20.3 Å². The third-order valence-electron chi connectivity index (χ3n) is 4.47. The van der Waals surface area contributed by atoms with Crippen molar-refractivity contribution < 1.29 is 13.9 Å². The van der Waals surface area contributed by atoms with Crippen LogP contribution in [-0.4, -0.2) is 43.2 Å². The van der Waals surface area contributed by atoms with Crippen molar-refractivity contribution in [2.45, 2.75) is 13.5 Å². The molecule has 9 heteroatoms. The van der Waals surface area contributed by atoms with Crippen LogP contribution in [0.2, 0.25) is 0 Å². The van der Waals surface area contributed by atoms with Crippen LogP contribution < -0.4 is 20.9 Å². The van der Waals surface area contributed by atoms with Crippen molar-refractivity contribution in [3.05, 3.63) is 53.5 Å². The molecule has 1 aliphatic heterocycles. The molecule has 148 valence electrons. The van der Waals surface area contributed by atoms with Gasteiger partial charge in [-0.15, -0.1) is 0 Å². The number of aryl methyl sites for hydroxylation is 1. The van der Waals surface area contributed by atoms with Crippen LogP contribution in [-0.2, 0) is 11.3 Å². The Balaban J connectivity index is 1.63. The summed E-state index contributed by atoms with van der Waals surface area (Å²) in [6, 6.07) is 10.9. The molecular formula is C19H23FN6O2. The zero-order valence-electron chi connectivity index (χ0n) is 15.6. The van der Waals surface area contributed by atoms with Crippen molar-refractivity contribution in [1.82, 2.24) is 10.3 Å². The summed E-state index contributed by atoms with van der Waals surface area (Å²) in [4.78, 5) is 20.1. The van der Waals surface area contributed by atoms with Crippen LogP contribution in [0.5, 0.6) is 0 Å². The van der Waals surface area contributed by atoms with E-state index in [1.54, 1.807) is 18.2 Å². The first-order valence-corrected chi connectivity index (χ1v) is 8.93. The third kappa shape index (κ3) is 4.67. The van der Waals surface area contributed by atoms with E-state index in [-0.39, 0.29) is 12.2 Å². The minimum Gasteiger partial charge on any atom is -0.444 e. The average Bonchev–Trinajstić information content (AvgIpc) is 2.67. The Labute approximate surface area is 162 Å². The van der Waals surface area contributed by atoms with E-state index in [1.165, 1.54) is 0 Å². The Hall–Kier alpha value is -3.36. The molecule has 2 heterocycles. The number of pyridine rings is 1. The molecule has 1 aromatic carbocycles. The average molecular weight is 386 g/mol. The van der Waals surface area contributed by atoms with E-state index in [2.05, 4.69) is 9.88 Å². The number of nitrogens with zero attached hydrogens (tertiary/aromatic N) is 3. The smallest absolute Gasteiger partial charge is 0.414 e. The molecule has 1 aliphatic rings. The molecular weight excluding hydrogens is 363 g/mol. The topological polar surface area (TPSA) is 108 Å². The molecule has 1 fully saturated rings. The van der Waals surface area contributed by atoms with Crippen molar-refractivity contribution >= 4 is 23.6 Å². The summed E-state index contributed by atoms with van der Waals surface area (Å²) in [5.74, 6) is -0.0146. The Kier molecular flexibility index (Phi) is 5.93. The van der Waals surface area contributed by atoms with Crippen LogP contribution in [0.4, 0.5) is 20.7 Å². The Bertz CT molecular complexity index is 867. The second-order valence-electron chi connectivity index (χ2n) is 6.48. The molecule has 8 nitrogen and oxygen atoms in total. The summed E-state index contributed by atoms with van der Waals surface area (Å²) in [6.45, 7) is 4.49. The maximum Gasteiger partial charge on any atom is 0.414 e. The van der Waals surface area contributed by atoms with Crippen LogP contribution in [0, 0.1) is 18.2 Å². The maximum absolute atomic E-state index is 14.9. The highest BCUT2D eigenvalue weighted by molar-refractivity contribution is 5.90. The molecule has 1 amide bonds. The summed E-state index contributed by atoms with van der Waals surface area (Å²) in [7, 11) is 0. The number of carbonyl (C=O) groups is 1. The fraction of sp³-hybridized carbons (Fsp3) is 0.316. The molecule has 0 unspecified atom stereocenters. The molecule has 0 atom stereocenters. The number of nitrogens with one attached hydrogen (secondary N) is 2. The van der Waals surface area contributed by atoms with Gasteiger partial charge in [0.05, 0.1) is 5.69 Å². The largest absolute Gasteiger partial charge is 0.444 e. The van der Waals surface area contributed by atoms with Gasteiger partial charge in [0.15, 0.2) is 11.8 Å². The molecule has 0 spiro atoms. The Morgan fingerprint density at radius 1 is 1.21 bits per heavy atom. The third-order valence-corrected chi connectivity index (χ3v) is 4.47. The van der Waals surface area contributed by atoms with Crippen LogP contribution in [0.1, 0.15) is 11.3 Å². The highest BCUT2D eigenvalue weighted by Gasteiger charge is 2.22. The van der Waals surface area contributed by atoms with Crippen molar-refractivity contribution in [2.24, 2.45) is 5.73 Å². The van der Waals surface area contributed by atoms with Crippen molar-refractivity contribution in [2.75, 3.05) is 36.0 Å². The molecule has 4 N–H and O–H groups in total. The van der Waals surface area contributed by atoms with Gasteiger partial charge in [-0.3, -0.25) is 10.7 Å². The number of aromatic nitrogens is 1. The number of amides is 1. The quantitative estimate of drug-likeness (QED) is 0.548. The molecule has 2 aromatic rings. The lowest BCUT2D eigenvalue weighted by molar-refractivity contribution is 0.143. The number of hydrogen-bond acceptors (Lipinski definition) is 6. The first-order valence-electron chi connectivity index (χ1n) is 8.93. The summed E-state index contributed by atoms with van der Waals surface area (Å²) in [5, 5.41) is 8.98. The number of halogens is 1. The van der Waals surface area contributed by atoms with Gasteiger partial charge in [-0.05, 0) is 25.1 Å². The minimum absolute atomic E-state index is 0.244. The zero-order chi connectivity index (χ0) is 20.1. The van der Waals surface area contributed by atoms with Crippen molar-refractivity contribution in [3.63, 3.8) is 0 Å². The number of hydrogen-bond donors (Lipinski definition) is 3. The SMILES string of the molecule is Cc1cccc(N2CCN(c3cccc(COC(=O)NC(=N)N)c3F)CC2)n1. The Morgan fingerprint density at radius 2 is 1.89 bits per heavy atom. The standard InChI is InChI=1S/C19H23FN6O2/c1-13-4-2-7-16(23-13)26-10-8-25(9-11-26)15-6-3-5-14(17(15)20)12-28-19(27)24-18(21)22/h2-7H,8-12H2,1H3,(H4,21,22,24,27). The van der Waals surface area contributed by atoms with Gasteiger partial charge >= 0.3 is 6.09 Å². The monoisotopic (exact) mass is 386 g/mol. The molecule has 0 aliphatic carbocycles. The van der Waals surface area contributed by atoms with E-state index in [9.17, 15) is 9.18 Å². The molecule has 0 bridgehead atoms. The Morgan fingerprint density at radius 3 is 2.57 bits per heavy atom. The number of nitrogens with two attached hydrogens (primary N) is 1. The van der Waals surface area contributed by atoms with Crippen LogP contribution in [0.15, 0.2) is 36.4 Å². The van der Waals surface area contributed by atoms with Gasteiger partial charge in [-0.2, -0.15) is 0 Å². The second kappa shape index (κ2) is 8.55. The van der Waals surface area contributed by atoms with E-state index in [0.717, 1.165) is 24.6 Å². The van der Waals surface area contributed by atoms with Gasteiger partial charge in [0.1, 0.15) is 12.4 Å². The molecule has 0 saturated carbocycles. The number of piperazine rings is 1. The number of rotatable bonds is 4. The lowest BCUT2D eigenvalue weighted by Gasteiger charge is -2.37.